The van der Waals surface area contributed by atoms with Crippen LogP contribution in [0.1, 0.15) is 22.3 Å². The standard InChI is InChI=1S/C32H24/c1-5-15-25(16-6-1)29-23-13-14-24-30(26-17-7-2-8-18-26)32(28-21-11-4-12-22-28)31(29)27-19-9-3-10-20-27/h1-24H. The molecule has 152 valence electrons. The first-order chi connectivity index (χ1) is 15.9. The van der Waals surface area contributed by atoms with Crippen molar-refractivity contribution in [3.05, 3.63) is 168 Å². The Morgan fingerprint density at radius 1 is 0.281 bits per heavy atom. The summed E-state index contributed by atoms with van der Waals surface area (Å²) < 4.78 is 0. The first-order valence-corrected chi connectivity index (χ1v) is 11.0. The predicted molar refractivity (Wildman–Crippen MR) is 138 cm³/mol. The number of rotatable bonds is 4. The first-order valence-electron chi connectivity index (χ1n) is 11.0. The van der Waals surface area contributed by atoms with Gasteiger partial charge >= 0.3 is 0 Å². The quantitative estimate of drug-likeness (QED) is 0.318. The molecule has 0 aliphatic heterocycles. The Bertz CT molecular complexity index is 1200. The van der Waals surface area contributed by atoms with Crippen LogP contribution in [0.5, 0.6) is 0 Å². The highest BCUT2D eigenvalue weighted by Gasteiger charge is 2.21. The fraction of sp³-hybridized carbons (Fsp3) is 0. The Kier molecular flexibility index (Phi) is 5.76. The van der Waals surface area contributed by atoms with Gasteiger partial charge in [0, 0.05) is 0 Å². The fourth-order valence-electron chi connectivity index (χ4n) is 4.27. The van der Waals surface area contributed by atoms with Crippen LogP contribution >= 0.6 is 0 Å². The van der Waals surface area contributed by atoms with Gasteiger partial charge in [-0.15, -0.1) is 0 Å². The van der Waals surface area contributed by atoms with Crippen molar-refractivity contribution < 1.29 is 0 Å². The molecule has 4 aromatic carbocycles. The summed E-state index contributed by atoms with van der Waals surface area (Å²) in [5, 5.41) is 0. The molecule has 0 heteroatoms. The fourth-order valence-corrected chi connectivity index (χ4v) is 4.27. The van der Waals surface area contributed by atoms with Gasteiger partial charge < -0.3 is 0 Å². The molecule has 0 nitrogen and oxygen atoms in total. The second kappa shape index (κ2) is 9.32. The van der Waals surface area contributed by atoms with Gasteiger partial charge in [-0.3, -0.25) is 0 Å². The van der Waals surface area contributed by atoms with Crippen molar-refractivity contribution in [2.24, 2.45) is 0 Å². The van der Waals surface area contributed by atoms with E-state index in [1.165, 1.54) is 44.5 Å². The number of benzene rings is 4. The third-order valence-corrected chi connectivity index (χ3v) is 5.72. The van der Waals surface area contributed by atoms with Crippen molar-refractivity contribution in [1.82, 2.24) is 0 Å². The highest BCUT2D eigenvalue weighted by Crippen LogP contribution is 2.44. The van der Waals surface area contributed by atoms with Gasteiger partial charge in [0.2, 0.25) is 0 Å². The summed E-state index contributed by atoms with van der Waals surface area (Å²) in [6, 6.07) is 42.8. The van der Waals surface area contributed by atoms with Crippen molar-refractivity contribution in [2.75, 3.05) is 0 Å². The third kappa shape index (κ3) is 4.04. The van der Waals surface area contributed by atoms with Gasteiger partial charge in [0.1, 0.15) is 0 Å². The molecule has 0 radical (unpaired) electrons. The van der Waals surface area contributed by atoms with Gasteiger partial charge in [-0.2, -0.15) is 0 Å². The molecule has 0 unspecified atom stereocenters. The van der Waals surface area contributed by atoms with Crippen LogP contribution in [0.25, 0.3) is 22.3 Å². The highest BCUT2D eigenvalue weighted by molar-refractivity contribution is 6.26. The smallest absolute Gasteiger partial charge is 0.00206 e. The lowest BCUT2D eigenvalue weighted by molar-refractivity contribution is 1.54. The van der Waals surface area contributed by atoms with Crippen LogP contribution in [-0.2, 0) is 0 Å². The number of hydrogen-bond donors (Lipinski definition) is 0. The van der Waals surface area contributed by atoms with Gasteiger partial charge in [-0.05, 0) is 44.5 Å². The molecule has 1 aliphatic carbocycles. The molecule has 0 amide bonds. The molecule has 0 aromatic heterocycles. The van der Waals surface area contributed by atoms with Crippen molar-refractivity contribution in [3.8, 4) is 0 Å². The van der Waals surface area contributed by atoms with E-state index in [1.54, 1.807) is 0 Å². The van der Waals surface area contributed by atoms with Crippen LogP contribution in [0.3, 0.4) is 0 Å². The van der Waals surface area contributed by atoms with Gasteiger partial charge in [0.25, 0.3) is 0 Å². The normalized spacial score (nSPS) is 13.8. The topological polar surface area (TPSA) is 0 Å². The second-order valence-electron chi connectivity index (χ2n) is 7.76. The van der Waals surface area contributed by atoms with Crippen LogP contribution in [0, 0.1) is 0 Å². The first kappa shape index (κ1) is 19.8. The van der Waals surface area contributed by atoms with Gasteiger partial charge in [0.15, 0.2) is 0 Å². The van der Waals surface area contributed by atoms with Gasteiger partial charge in [-0.25, -0.2) is 0 Å². The largest absolute Gasteiger partial charge is 0.0622 e. The second-order valence-corrected chi connectivity index (χ2v) is 7.76. The summed E-state index contributed by atoms with van der Waals surface area (Å²) in [7, 11) is 0. The van der Waals surface area contributed by atoms with E-state index in [2.05, 4.69) is 146 Å². The summed E-state index contributed by atoms with van der Waals surface area (Å²) in [6.07, 6.45) is 8.77. The molecular formula is C32H24. The maximum absolute atomic E-state index is 2.24. The average molecular weight is 409 g/mol. The predicted octanol–water partition coefficient (Wildman–Crippen LogP) is 8.33. The molecular weight excluding hydrogens is 384 g/mol. The Morgan fingerprint density at radius 3 is 0.875 bits per heavy atom. The number of allylic oxidation sites excluding steroid dienone is 8. The summed E-state index contributed by atoms with van der Waals surface area (Å²) in [5.41, 5.74) is 9.74. The molecule has 0 spiro atoms. The van der Waals surface area contributed by atoms with E-state index in [9.17, 15) is 0 Å². The Hall–Kier alpha value is -4.16. The molecule has 0 saturated carbocycles. The molecule has 0 heterocycles. The van der Waals surface area contributed by atoms with Crippen LogP contribution in [0.15, 0.2) is 146 Å². The van der Waals surface area contributed by atoms with Crippen LogP contribution in [0.4, 0.5) is 0 Å². The molecule has 0 atom stereocenters. The van der Waals surface area contributed by atoms with E-state index in [0.717, 1.165) is 0 Å². The SMILES string of the molecule is C1=CC=C(c2ccccc2)C(c2ccccc2)=C(c2ccccc2)C(c2ccccc2)=C1. The van der Waals surface area contributed by atoms with E-state index in [0.29, 0.717) is 0 Å². The molecule has 0 fully saturated rings. The van der Waals surface area contributed by atoms with Crippen molar-refractivity contribution in [2.45, 2.75) is 0 Å². The maximum atomic E-state index is 2.24. The van der Waals surface area contributed by atoms with Crippen molar-refractivity contribution in [1.29, 1.82) is 0 Å². The Morgan fingerprint density at radius 2 is 0.562 bits per heavy atom. The van der Waals surface area contributed by atoms with Crippen LogP contribution in [0.2, 0.25) is 0 Å². The molecule has 1 aliphatic rings. The van der Waals surface area contributed by atoms with E-state index >= 15 is 0 Å². The average Bonchev–Trinajstić information content (AvgIpc) is 2.86. The van der Waals surface area contributed by atoms with Crippen molar-refractivity contribution >= 4 is 22.3 Å². The maximum Gasteiger partial charge on any atom is -0.00206 e. The Labute approximate surface area is 190 Å². The molecule has 4 aromatic rings. The minimum Gasteiger partial charge on any atom is -0.0622 e. The summed E-state index contributed by atoms with van der Waals surface area (Å²) in [4.78, 5) is 0. The monoisotopic (exact) mass is 408 g/mol. The lowest BCUT2D eigenvalue weighted by atomic mass is 9.80. The van der Waals surface area contributed by atoms with E-state index < -0.39 is 0 Å². The molecule has 0 N–H and O–H groups in total. The molecule has 32 heavy (non-hydrogen) atoms. The van der Waals surface area contributed by atoms with Crippen LogP contribution < -0.4 is 0 Å². The van der Waals surface area contributed by atoms with Crippen molar-refractivity contribution in [3.63, 3.8) is 0 Å². The lowest BCUT2D eigenvalue weighted by Gasteiger charge is -2.23. The summed E-state index contributed by atoms with van der Waals surface area (Å²) >= 11 is 0. The van der Waals surface area contributed by atoms with E-state index in [1.807, 2.05) is 0 Å². The zero-order valence-electron chi connectivity index (χ0n) is 17.9. The van der Waals surface area contributed by atoms with E-state index in [-0.39, 0.29) is 0 Å². The Balaban J connectivity index is 1.89. The zero-order chi connectivity index (χ0) is 21.6. The van der Waals surface area contributed by atoms with Crippen LogP contribution in [-0.4, -0.2) is 0 Å². The van der Waals surface area contributed by atoms with Gasteiger partial charge in [0.05, 0.1) is 0 Å². The minimum absolute atomic E-state index is 1.21. The summed E-state index contributed by atoms with van der Waals surface area (Å²) in [6.45, 7) is 0. The highest BCUT2D eigenvalue weighted by atomic mass is 14.2. The summed E-state index contributed by atoms with van der Waals surface area (Å²) in [5.74, 6) is 0. The van der Waals surface area contributed by atoms with Gasteiger partial charge in [-0.1, -0.05) is 146 Å². The molecule has 5 rings (SSSR count). The van der Waals surface area contributed by atoms with E-state index in [4.69, 9.17) is 0 Å². The number of hydrogen-bond acceptors (Lipinski definition) is 0. The minimum atomic E-state index is 1.21. The molecule has 0 bridgehead atoms. The zero-order valence-corrected chi connectivity index (χ0v) is 17.9. The molecule has 0 saturated heterocycles. The third-order valence-electron chi connectivity index (χ3n) is 5.72. The lowest BCUT2D eigenvalue weighted by Crippen LogP contribution is -2.00.